The van der Waals surface area contributed by atoms with Gasteiger partial charge in [0.2, 0.25) is 0 Å². The zero-order valence-corrected chi connectivity index (χ0v) is 10.4. The average Bonchev–Trinajstić information content (AvgIpc) is 2.90. The minimum atomic E-state index is -1.69. The molecule has 1 aromatic heterocycles. The summed E-state index contributed by atoms with van der Waals surface area (Å²) in [6.07, 6.45) is -1.67. The first-order valence-corrected chi connectivity index (χ1v) is 5.98. The summed E-state index contributed by atoms with van der Waals surface area (Å²) in [6.45, 7) is 0. The predicted octanol–water partition coefficient (Wildman–Crippen LogP) is 4.07. The predicted molar refractivity (Wildman–Crippen MR) is 66.5 cm³/mol. The standard InChI is InChI=1S/C15H8F4O2/c16-9-5-4-8(12(18)13(9)19)14(20)11-6-7-2-1-3-10(17)15(7)21-11/h1-6,14,20H. The van der Waals surface area contributed by atoms with E-state index in [1.165, 1.54) is 18.2 Å². The molecule has 0 saturated heterocycles. The molecule has 0 amide bonds. The van der Waals surface area contributed by atoms with Crippen LogP contribution in [0, 0.1) is 23.3 Å². The lowest BCUT2D eigenvalue weighted by Crippen LogP contribution is -2.04. The molecule has 2 nitrogen and oxygen atoms in total. The summed E-state index contributed by atoms with van der Waals surface area (Å²) in [5.41, 5.74) is -0.595. The SMILES string of the molecule is OC(c1cc2cccc(F)c2o1)c1ccc(F)c(F)c1F. The molecule has 0 saturated carbocycles. The highest BCUT2D eigenvalue weighted by Crippen LogP contribution is 2.31. The Balaban J connectivity index is 2.10. The summed E-state index contributed by atoms with van der Waals surface area (Å²) in [7, 11) is 0. The number of furan rings is 1. The maximum absolute atomic E-state index is 13.6. The van der Waals surface area contributed by atoms with E-state index in [4.69, 9.17) is 4.42 Å². The summed E-state index contributed by atoms with van der Waals surface area (Å²) < 4.78 is 58.3. The zero-order chi connectivity index (χ0) is 15.1. The molecule has 21 heavy (non-hydrogen) atoms. The lowest BCUT2D eigenvalue weighted by atomic mass is 10.1. The van der Waals surface area contributed by atoms with E-state index < -0.39 is 34.9 Å². The van der Waals surface area contributed by atoms with Crippen LogP contribution in [0.25, 0.3) is 11.0 Å². The van der Waals surface area contributed by atoms with Crippen LogP contribution in [0.15, 0.2) is 40.8 Å². The van der Waals surface area contributed by atoms with Crippen LogP contribution in [0.4, 0.5) is 17.6 Å². The Morgan fingerprint density at radius 3 is 2.38 bits per heavy atom. The number of hydrogen-bond acceptors (Lipinski definition) is 2. The summed E-state index contributed by atoms with van der Waals surface area (Å²) in [5.74, 6) is -5.37. The van der Waals surface area contributed by atoms with Crippen LogP contribution in [0.5, 0.6) is 0 Å². The van der Waals surface area contributed by atoms with Crippen molar-refractivity contribution in [2.75, 3.05) is 0 Å². The molecular weight excluding hydrogens is 288 g/mol. The van der Waals surface area contributed by atoms with E-state index in [1.807, 2.05) is 0 Å². The maximum atomic E-state index is 13.6. The molecule has 1 heterocycles. The number of para-hydroxylation sites is 1. The van der Waals surface area contributed by atoms with E-state index in [0.717, 1.165) is 6.07 Å². The minimum Gasteiger partial charge on any atom is -0.455 e. The molecule has 1 N–H and O–H groups in total. The first-order chi connectivity index (χ1) is 9.99. The van der Waals surface area contributed by atoms with Gasteiger partial charge in [-0.25, -0.2) is 17.6 Å². The third-order valence-electron chi connectivity index (χ3n) is 3.14. The second kappa shape index (κ2) is 4.89. The average molecular weight is 296 g/mol. The van der Waals surface area contributed by atoms with Gasteiger partial charge in [0.1, 0.15) is 11.9 Å². The van der Waals surface area contributed by atoms with Crippen LogP contribution in [0.2, 0.25) is 0 Å². The van der Waals surface area contributed by atoms with Gasteiger partial charge in [0, 0.05) is 10.9 Å². The fourth-order valence-corrected chi connectivity index (χ4v) is 2.09. The maximum Gasteiger partial charge on any atom is 0.194 e. The van der Waals surface area contributed by atoms with Crippen LogP contribution in [0.3, 0.4) is 0 Å². The second-order valence-electron chi connectivity index (χ2n) is 4.47. The van der Waals surface area contributed by atoms with E-state index >= 15 is 0 Å². The van der Waals surface area contributed by atoms with Crippen LogP contribution in [-0.4, -0.2) is 5.11 Å². The van der Waals surface area contributed by atoms with Crippen molar-refractivity contribution in [1.29, 1.82) is 0 Å². The van der Waals surface area contributed by atoms with Gasteiger partial charge in [-0.15, -0.1) is 0 Å². The lowest BCUT2D eigenvalue weighted by Gasteiger charge is -2.09. The Kier molecular flexibility index (Phi) is 3.17. The number of rotatable bonds is 2. The van der Waals surface area contributed by atoms with Gasteiger partial charge < -0.3 is 9.52 Å². The normalized spacial score (nSPS) is 12.8. The van der Waals surface area contributed by atoms with Gasteiger partial charge >= 0.3 is 0 Å². The first-order valence-electron chi connectivity index (χ1n) is 5.98. The monoisotopic (exact) mass is 296 g/mol. The fraction of sp³-hybridized carbons (Fsp3) is 0.0667. The quantitative estimate of drug-likeness (QED) is 0.571. The van der Waals surface area contributed by atoms with Crippen molar-refractivity contribution in [2.24, 2.45) is 0 Å². The number of aliphatic hydroxyl groups is 1. The van der Waals surface area contributed by atoms with Crippen molar-refractivity contribution in [1.82, 2.24) is 0 Å². The van der Waals surface area contributed by atoms with Crippen LogP contribution in [0.1, 0.15) is 17.4 Å². The minimum absolute atomic E-state index is 0.102. The highest BCUT2D eigenvalue weighted by molar-refractivity contribution is 5.78. The molecule has 2 aromatic carbocycles. The van der Waals surface area contributed by atoms with Gasteiger partial charge in [-0.3, -0.25) is 0 Å². The lowest BCUT2D eigenvalue weighted by molar-refractivity contribution is 0.185. The number of fused-ring (bicyclic) bond motifs is 1. The first kappa shape index (κ1) is 13.6. The summed E-state index contributed by atoms with van der Waals surface area (Å²) in [5, 5.41) is 10.4. The molecule has 0 bridgehead atoms. The summed E-state index contributed by atoms with van der Waals surface area (Å²) >= 11 is 0. The molecule has 0 aliphatic heterocycles. The molecule has 0 fully saturated rings. The number of benzene rings is 2. The van der Waals surface area contributed by atoms with Gasteiger partial charge in [-0.05, 0) is 24.3 Å². The highest BCUT2D eigenvalue weighted by atomic mass is 19.2. The molecule has 0 spiro atoms. The number of halogens is 4. The van der Waals surface area contributed by atoms with Gasteiger partial charge in [-0.1, -0.05) is 12.1 Å². The third-order valence-corrected chi connectivity index (χ3v) is 3.14. The van der Waals surface area contributed by atoms with E-state index in [0.29, 0.717) is 11.5 Å². The van der Waals surface area contributed by atoms with Crippen molar-refractivity contribution < 1.29 is 27.1 Å². The van der Waals surface area contributed by atoms with Crippen LogP contribution in [-0.2, 0) is 0 Å². The van der Waals surface area contributed by atoms with Gasteiger partial charge in [0.25, 0.3) is 0 Å². The Bertz CT molecular complexity index is 826. The molecule has 0 aliphatic carbocycles. The summed E-state index contributed by atoms with van der Waals surface area (Å²) in [4.78, 5) is 0. The molecule has 3 aromatic rings. The highest BCUT2D eigenvalue weighted by Gasteiger charge is 2.23. The van der Waals surface area contributed by atoms with E-state index in [2.05, 4.69) is 0 Å². The molecule has 1 unspecified atom stereocenters. The molecular formula is C15H8F4O2. The van der Waals surface area contributed by atoms with Crippen molar-refractivity contribution in [2.45, 2.75) is 6.10 Å². The molecule has 108 valence electrons. The van der Waals surface area contributed by atoms with Crippen LogP contribution >= 0.6 is 0 Å². The Hall–Kier alpha value is -2.34. The van der Waals surface area contributed by atoms with Crippen LogP contribution < -0.4 is 0 Å². The second-order valence-corrected chi connectivity index (χ2v) is 4.47. The number of aliphatic hydroxyl groups excluding tert-OH is 1. The van der Waals surface area contributed by atoms with Gasteiger partial charge in [-0.2, -0.15) is 0 Å². The largest absolute Gasteiger partial charge is 0.455 e. The molecule has 1 atom stereocenters. The van der Waals surface area contributed by atoms with Gasteiger partial charge in [0.05, 0.1) is 0 Å². The molecule has 6 heteroatoms. The zero-order valence-electron chi connectivity index (χ0n) is 10.4. The molecule has 0 radical (unpaired) electrons. The Morgan fingerprint density at radius 1 is 0.905 bits per heavy atom. The Morgan fingerprint density at radius 2 is 1.67 bits per heavy atom. The smallest absolute Gasteiger partial charge is 0.194 e. The third kappa shape index (κ3) is 2.17. The van der Waals surface area contributed by atoms with Crippen molar-refractivity contribution >= 4 is 11.0 Å². The van der Waals surface area contributed by atoms with Crippen molar-refractivity contribution in [3.8, 4) is 0 Å². The molecule has 3 rings (SSSR count). The van der Waals surface area contributed by atoms with Gasteiger partial charge in [0.15, 0.2) is 28.9 Å². The van der Waals surface area contributed by atoms with E-state index in [9.17, 15) is 22.7 Å². The fourth-order valence-electron chi connectivity index (χ4n) is 2.09. The van der Waals surface area contributed by atoms with E-state index in [1.54, 1.807) is 6.07 Å². The number of hydrogen-bond donors (Lipinski definition) is 1. The topological polar surface area (TPSA) is 33.4 Å². The molecule has 0 aliphatic rings. The van der Waals surface area contributed by atoms with Crippen molar-refractivity contribution in [3.63, 3.8) is 0 Å². The Labute approximate surface area is 116 Å². The van der Waals surface area contributed by atoms with Crippen molar-refractivity contribution in [3.05, 3.63) is 71.0 Å². The summed E-state index contributed by atoms with van der Waals surface area (Å²) in [6, 6.07) is 7.06. The van der Waals surface area contributed by atoms with E-state index in [-0.39, 0.29) is 11.3 Å².